The first kappa shape index (κ1) is 15.5. The predicted octanol–water partition coefficient (Wildman–Crippen LogP) is 3.10. The van der Waals surface area contributed by atoms with Crippen LogP contribution in [0.5, 0.6) is 0 Å². The van der Waals surface area contributed by atoms with E-state index in [9.17, 15) is 12.8 Å². The maximum absolute atomic E-state index is 13.1. The first-order valence-corrected chi connectivity index (χ1v) is 7.81. The van der Waals surface area contributed by atoms with Gasteiger partial charge in [0.2, 0.25) is 0 Å². The van der Waals surface area contributed by atoms with E-state index in [0.717, 1.165) is 17.8 Å². The lowest BCUT2D eigenvalue weighted by atomic mass is 10.2. The van der Waals surface area contributed by atoms with Gasteiger partial charge in [0.1, 0.15) is 5.82 Å². The average molecular weight is 327 g/mol. The lowest BCUT2D eigenvalue weighted by molar-refractivity contribution is 0.584. The average Bonchev–Trinajstić information content (AvgIpc) is 2.43. The number of rotatable bonds is 4. The quantitative estimate of drug-likeness (QED) is 0.693. The van der Waals surface area contributed by atoms with E-state index in [2.05, 4.69) is 9.93 Å². The highest BCUT2D eigenvalue weighted by Crippen LogP contribution is 2.15. The van der Waals surface area contributed by atoms with Gasteiger partial charge in [0.25, 0.3) is 10.0 Å². The Labute approximate surface area is 127 Å². The highest BCUT2D eigenvalue weighted by Gasteiger charge is 2.11. The molecule has 0 aromatic heterocycles. The minimum absolute atomic E-state index is 0.0931. The van der Waals surface area contributed by atoms with E-state index in [1.165, 1.54) is 24.3 Å². The number of hydrazone groups is 1. The maximum atomic E-state index is 13.1. The molecule has 0 saturated heterocycles. The molecule has 2 aromatic rings. The van der Waals surface area contributed by atoms with E-state index in [1.54, 1.807) is 12.1 Å². The van der Waals surface area contributed by atoms with Gasteiger partial charge in [0.15, 0.2) is 0 Å². The number of halogens is 2. The Kier molecular flexibility index (Phi) is 4.59. The zero-order valence-corrected chi connectivity index (χ0v) is 12.6. The second-order valence-corrected chi connectivity index (χ2v) is 6.40. The molecule has 21 heavy (non-hydrogen) atoms. The van der Waals surface area contributed by atoms with Crippen molar-refractivity contribution in [1.82, 2.24) is 4.83 Å². The molecule has 0 fully saturated rings. The number of hydrogen-bond acceptors (Lipinski definition) is 3. The summed E-state index contributed by atoms with van der Waals surface area (Å²) in [5.41, 5.74) is 1.23. The smallest absolute Gasteiger partial charge is 0.207 e. The Morgan fingerprint density at radius 2 is 1.86 bits per heavy atom. The number of aryl methyl sites for hydroxylation is 1. The molecule has 0 bridgehead atoms. The minimum atomic E-state index is -3.75. The topological polar surface area (TPSA) is 58.5 Å². The molecular weight excluding hydrogens is 315 g/mol. The third-order valence-electron chi connectivity index (χ3n) is 2.67. The third kappa shape index (κ3) is 4.03. The molecule has 0 radical (unpaired) electrons. The number of sulfonamides is 1. The summed E-state index contributed by atoms with van der Waals surface area (Å²) >= 11 is 5.85. The van der Waals surface area contributed by atoms with Crippen LogP contribution < -0.4 is 4.83 Å². The van der Waals surface area contributed by atoms with Crippen molar-refractivity contribution in [2.75, 3.05) is 0 Å². The monoisotopic (exact) mass is 326 g/mol. The molecule has 4 nitrogen and oxygen atoms in total. The lowest BCUT2D eigenvalue weighted by Crippen LogP contribution is -2.18. The van der Waals surface area contributed by atoms with Crippen LogP contribution in [0.25, 0.3) is 0 Å². The molecule has 0 atom stereocenters. The summed E-state index contributed by atoms with van der Waals surface area (Å²) < 4.78 is 37.0. The summed E-state index contributed by atoms with van der Waals surface area (Å²) in [4.78, 5) is 2.14. The standard InChI is InChI=1S/C14H12ClFN2O2S/c1-10-2-5-13(6-3-10)21(19,20)18-17-9-11-8-12(16)4-7-14(11)15/h2-9,18H,1H3/b17-9-. The van der Waals surface area contributed by atoms with Crippen molar-refractivity contribution in [1.29, 1.82) is 0 Å². The molecular formula is C14H12ClFN2O2S. The molecule has 0 heterocycles. The summed E-state index contributed by atoms with van der Waals surface area (Å²) in [6, 6.07) is 10.0. The summed E-state index contributed by atoms with van der Waals surface area (Å²) in [5, 5.41) is 3.87. The van der Waals surface area contributed by atoms with Crippen LogP contribution in [0.2, 0.25) is 5.02 Å². The van der Waals surface area contributed by atoms with E-state index in [1.807, 2.05) is 6.92 Å². The van der Waals surface area contributed by atoms with Crippen molar-refractivity contribution in [2.24, 2.45) is 5.10 Å². The Balaban J connectivity index is 2.16. The molecule has 0 spiro atoms. The van der Waals surface area contributed by atoms with Gasteiger partial charge in [-0.25, -0.2) is 9.22 Å². The molecule has 1 N–H and O–H groups in total. The molecule has 0 saturated carbocycles. The number of benzene rings is 2. The molecule has 2 rings (SSSR count). The van der Waals surface area contributed by atoms with Gasteiger partial charge in [-0.05, 0) is 37.3 Å². The van der Waals surface area contributed by atoms with Crippen molar-refractivity contribution in [3.63, 3.8) is 0 Å². The first-order valence-electron chi connectivity index (χ1n) is 5.95. The Morgan fingerprint density at radius 3 is 2.52 bits per heavy atom. The zero-order valence-electron chi connectivity index (χ0n) is 11.0. The second-order valence-electron chi connectivity index (χ2n) is 4.33. The van der Waals surface area contributed by atoms with Gasteiger partial charge in [-0.2, -0.15) is 13.5 Å². The normalized spacial score (nSPS) is 11.8. The maximum Gasteiger partial charge on any atom is 0.276 e. The molecule has 0 unspecified atom stereocenters. The second kappa shape index (κ2) is 6.24. The van der Waals surface area contributed by atoms with E-state index >= 15 is 0 Å². The molecule has 2 aromatic carbocycles. The summed E-state index contributed by atoms with van der Waals surface area (Å²) in [6.45, 7) is 1.86. The van der Waals surface area contributed by atoms with Crippen LogP contribution in [0.3, 0.4) is 0 Å². The van der Waals surface area contributed by atoms with E-state index in [-0.39, 0.29) is 15.5 Å². The fourth-order valence-electron chi connectivity index (χ4n) is 1.55. The SMILES string of the molecule is Cc1ccc(S(=O)(=O)N/N=C\c2cc(F)ccc2Cl)cc1. The van der Waals surface area contributed by atoms with Crippen LogP contribution in [0, 0.1) is 12.7 Å². The van der Waals surface area contributed by atoms with Gasteiger partial charge in [-0.15, -0.1) is 0 Å². The largest absolute Gasteiger partial charge is 0.276 e. The highest BCUT2D eigenvalue weighted by molar-refractivity contribution is 7.89. The van der Waals surface area contributed by atoms with Crippen LogP contribution in [0.1, 0.15) is 11.1 Å². The summed E-state index contributed by atoms with van der Waals surface area (Å²) in [7, 11) is -3.75. The number of hydrogen-bond donors (Lipinski definition) is 1. The molecule has 110 valence electrons. The van der Waals surface area contributed by atoms with Crippen molar-refractivity contribution in [3.8, 4) is 0 Å². The van der Waals surface area contributed by atoms with Crippen molar-refractivity contribution in [2.45, 2.75) is 11.8 Å². The van der Waals surface area contributed by atoms with Crippen LogP contribution >= 0.6 is 11.6 Å². The van der Waals surface area contributed by atoms with Gasteiger partial charge in [0, 0.05) is 10.6 Å². The van der Waals surface area contributed by atoms with Crippen LogP contribution in [0.15, 0.2) is 52.5 Å². The van der Waals surface area contributed by atoms with Crippen LogP contribution in [-0.2, 0) is 10.0 Å². The fourth-order valence-corrected chi connectivity index (χ4v) is 2.51. The highest BCUT2D eigenvalue weighted by atomic mass is 35.5. The van der Waals surface area contributed by atoms with Gasteiger partial charge >= 0.3 is 0 Å². The van der Waals surface area contributed by atoms with E-state index < -0.39 is 15.8 Å². The van der Waals surface area contributed by atoms with Gasteiger partial charge in [-0.3, -0.25) is 0 Å². The van der Waals surface area contributed by atoms with Gasteiger partial charge < -0.3 is 0 Å². The minimum Gasteiger partial charge on any atom is -0.207 e. The van der Waals surface area contributed by atoms with Crippen LogP contribution in [0.4, 0.5) is 4.39 Å². The van der Waals surface area contributed by atoms with Crippen molar-refractivity contribution in [3.05, 3.63) is 64.4 Å². The number of nitrogens with zero attached hydrogens (tertiary/aromatic N) is 1. The first-order chi connectivity index (χ1) is 9.88. The molecule has 0 amide bonds. The third-order valence-corrected chi connectivity index (χ3v) is 4.25. The lowest BCUT2D eigenvalue weighted by Gasteiger charge is -2.03. The molecule has 0 aliphatic rings. The Morgan fingerprint density at radius 1 is 1.19 bits per heavy atom. The van der Waals surface area contributed by atoms with Crippen molar-refractivity contribution < 1.29 is 12.8 Å². The fraction of sp³-hybridized carbons (Fsp3) is 0.0714. The Hall–Kier alpha value is -1.92. The molecule has 0 aliphatic heterocycles. The summed E-state index contributed by atoms with van der Waals surface area (Å²) in [5.74, 6) is -0.484. The Bertz CT molecular complexity index is 774. The molecule has 7 heteroatoms. The van der Waals surface area contributed by atoms with Gasteiger partial charge in [0.05, 0.1) is 11.1 Å². The van der Waals surface area contributed by atoms with Gasteiger partial charge in [-0.1, -0.05) is 29.3 Å². The molecule has 0 aliphatic carbocycles. The van der Waals surface area contributed by atoms with E-state index in [0.29, 0.717) is 0 Å². The zero-order chi connectivity index (χ0) is 15.5. The van der Waals surface area contributed by atoms with Crippen LogP contribution in [-0.4, -0.2) is 14.6 Å². The van der Waals surface area contributed by atoms with E-state index in [4.69, 9.17) is 11.6 Å². The van der Waals surface area contributed by atoms with Crippen molar-refractivity contribution >= 4 is 27.8 Å². The summed E-state index contributed by atoms with van der Waals surface area (Å²) in [6.07, 6.45) is 1.15. The number of nitrogens with one attached hydrogen (secondary N) is 1. The predicted molar refractivity (Wildman–Crippen MR) is 80.5 cm³/mol.